The van der Waals surface area contributed by atoms with Gasteiger partial charge in [0.05, 0.1) is 63.4 Å². The zero-order valence-electron chi connectivity index (χ0n) is 39.2. The summed E-state index contributed by atoms with van der Waals surface area (Å²) in [5.74, 6) is -3.66. The van der Waals surface area contributed by atoms with Crippen molar-refractivity contribution in [1.29, 1.82) is 0 Å². The molecule has 4 fully saturated rings. The van der Waals surface area contributed by atoms with Crippen LogP contribution in [0.15, 0.2) is 54.1 Å². The number of ether oxygens (including phenoxy) is 8. The van der Waals surface area contributed by atoms with Crippen molar-refractivity contribution < 1.29 is 67.3 Å². The van der Waals surface area contributed by atoms with E-state index in [0.29, 0.717) is 30.6 Å². The Morgan fingerprint density at radius 2 is 1.70 bits per heavy atom. The second kappa shape index (κ2) is 23.3. The largest absolute Gasteiger partial charge is 0.466 e. The Morgan fingerprint density at radius 3 is 2.39 bits per heavy atom. The fourth-order valence-corrected chi connectivity index (χ4v) is 10.1. The Labute approximate surface area is 379 Å². The van der Waals surface area contributed by atoms with E-state index in [2.05, 4.69) is 20.8 Å². The fraction of sp³-hybridized carbons (Fsp3) is 0.720. The molecule has 64 heavy (non-hydrogen) atoms. The molecule has 5 rings (SSSR count). The number of hydrogen-bond acceptors (Lipinski definition) is 14. The summed E-state index contributed by atoms with van der Waals surface area (Å²) < 4.78 is 49.2. The van der Waals surface area contributed by atoms with Crippen LogP contribution in [0.5, 0.6) is 0 Å². The van der Waals surface area contributed by atoms with Crippen LogP contribution in [0.1, 0.15) is 131 Å². The maximum Gasteiger partial charge on any atom is 0.330 e. The number of esters is 3. The van der Waals surface area contributed by atoms with E-state index in [1.165, 1.54) is 32.6 Å². The number of methoxy groups -OCH3 is 1. The standard InChI is InChI=1S/C50H74O14/c1-32(2)43-19-18-33(3)30-49(43)59-23-20-41(63-49)28-40-17-12-16-39(61-40)26-38(53)27-46(55)62-44(34(4)58-31-36-14-10-9-11-15-36)29-42-24-37(25-45(54)57-8)47(60-35(5)52)50(56,64-42)48(6,7)21-13-22-51/h9-11,13-15,21-22,25,32-34,38-44,47,53,56H,12,16-20,23-24,26-31H2,1-8H3/t33-,34-,38-,39+,40-,41+,42+,43+,44-,47?,49+,50-/m1/s1. The van der Waals surface area contributed by atoms with E-state index in [4.69, 9.17) is 37.9 Å². The summed E-state index contributed by atoms with van der Waals surface area (Å²) in [5, 5.41) is 23.7. The highest BCUT2D eigenvalue weighted by Gasteiger charge is 2.57. The predicted octanol–water partition coefficient (Wildman–Crippen LogP) is 7.25. The summed E-state index contributed by atoms with van der Waals surface area (Å²) in [7, 11) is 1.20. The van der Waals surface area contributed by atoms with E-state index in [9.17, 15) is 29.4 Å². The first-order valence-corrected chi connectivity index (χ1v) is 23.4. The summed E-state index contributed by atoms with van der Waals surface area (Å²) in [6.45, 7) is 13.8. The van der Waals surface area contributed by atoms with Crippen molar-refractivity contribution in [3.8, 4) is 0 Å². The van der Waals surface area contributed by atoms with Crippen LogP contribution in [-0.2, 0) is 63.7 Å². The monoisotopic (exact) mass is 899 g/mol. The SMILES string of the molecule is COC(=O)C=C1C[C@@H](C[C@@H](OC(=O)C[C@H](O)C[C@@H]2CCC[C@H](C[C@@H]3CCO[C@@]4(C[C@H](C)CC[C@H]4C(C)C)O3)O2)[C@@H](C)OCc2ccccc2)O[C@@](O)(C(C)(C)C=CC=O)C1OC(C)=O. The third-order valence-electron chi connectivity index (χ3n) is 13.5. The highest BCUT2D eigenvalue weighted by molar-refractivity contribution is 5.83. The molecule has 0 amide bonds. The molecule has 3 saturated heterocycles. The summed E-state index contributed by atoms with van der Waals surface area (Å²) in [4.78, 5) is 50.2. The van der Waals surface area contributed by atoms with Crippen molar-refractivity contribution in [3.63, 3.8) is 0 Å². The van der Waals surface area contributed by atoms with Crippen LogP contribution in [0.3, 0.4) is 0 Å². The molecule has 1 saturated carbocycles. The molecule has 0 aromatic heterocycles. The zero-order chi connectivity index (χ0) is 46.7. The molecule has 1 aromatic rings. The molecule has 2 N–H and O–H groups in total. The van der Waals surface area contributed by atoms with Crippen molar-refractivity contribution in [2.24, 2.45) is 23.2 Å². The van der Waals surface area contributed by atoms with Gasteiger partial charge in [-0.15, -0.1) is 0 Å². The Balaban J connectivity index is 1.27. The molecule has 358 valence electrons. The summed E-state index contributed by atoms with van der Waals surface area (Å²) in [6, 6.07) is 9.49. The predicted molar refractivity (Wildman–Crippen MR) is 236 cm³/mol. The minimum atomic E-state index is -2.30. The Hall–Kier alpha value is -3.50. The molecule has 1 aromatic carbocycles. The average molecular weight is 899 g/mol. The minimum absolute atomic E-state index is 0.0228. The first-order valence-electron chi connectivity index (χ1n) is 23.4. The number of rotatable bonds is 19. The summed E-state index contributed by atoms with van der Waals surface area (Å²) in [5.41, 5.74) is -0.270. The van der Waals surface area contributed by atoms with Crippen LogP contribution in [-0.4, -0.2) is 109 Å². The molecule has 3 aliphatic heterocycles. The van der Waals surface area contributed by atoms with Crippen molar-refractivity contribution in [2.45, 2.75) is 193 Å². The Kier molecular flexibility index (Phi) is 18.7. The maximum atomic E-state index is 13.8. The lowest BCUT2D eigenvalue weighted by atomic mass is 9.72. The molecule has 0 bridgehead atoms. The second-order valence-corrected chi connectivity index (χ2v) is 19.4. The number of aldehydes is 1. The number of aliphatic hydroxyl groups is 2. The zero-order valence-corrected chi connectivity index (χ0v) is 39.2. The fourth-order valence-electron chi connectivity index (χ4n) is 10.1. The van der Waals surface area contributed by atoms with Crippen LogP contribution in [0.4, 0.5) is 0 Å². The van der Waals surface area contributed by atoms with Crippen molar-refractivity contribution in [3.05, 3.63) is 59.7 Å². The number of carbonyl (C=O) groups is 4. The molecule has 1 spiro atoms. The minimum Gasteiger partial charge on any atom is -0.466 e. The van der Waals surface area contributed by atoms with Gasteiger partial charge in [0.15, 0.2) is 11.9 Å². The van der Waals surface area contributed by atoms with E-state index < -0.39 is 65.4 Å². The molecule has 0 radical (unpaired) electrons. The van der Waals surface area contributed by atoms with Crippen LogP contribution in [0.2, 0.25) is 0 Å². The molecule has 14 heteroatoms. The van der Waals surface area contributed by atoms with E-state index in [1.807, 2.05) is 30.3 Å². The number of benzene rings is 1. The lowest BCUT2D eigenvalue weighted by Crippen LogP contribution is -2.62. The Morgan fingerprint density at radius 1 is 0.969 bits per heavy atom. The number of allylic oxidation sites excluding steroid dienone is 1. The Bertz CT molecular complexity index is 1740. The van der Waals surface area contributed by atoms with E-state index in [1.54, 1.807) is 20.8 Å². The highest BCUT2D eigenvalue weighted by Crippen LogP contribution is 2.48. The van der Waals surface area contributed by atoms with Gasteiger partial charge in [0.2, 0.25) is 5.79 Å². The van der Waals surface area contributed by atoms with Crippen LogP contribution in [0, 0.1) is 23.2 Å². The van der Waals surface area contributed by atoms with E-state index in [-0.39, 0.29) is 56.2 Å². The smallest absolute Gasteiger partial charge is 0.330 e. The average Bonchev–Trinajstić information content (AvgIpc) is 3.23. The maximum absolute atomic E-state index is 13.8. The van der Waals surface area contributed by atoms with Gasteiger partial charge in [0, 0.05) is 43.6 Å². The lowest BCUT2D eigenvalue weighted by molar-refractivity contribution is -0.342. The molecule has 1 unspecified atom stereocenters. The first-order chi connectivity index (χ1) is 30.4. The highest BCUT2D eigenvalue weighted by atomic mass is 16.7. The van der Waals surface area contributed by atoms with Gasteiger partial charge in [0.1, 0.15) is 12.4 Å². The second-order valence-electron chi connectivity index (χ2n) is 19.4. The summed E-state index contributed by atoms with van der Waals surface area (Å²) in [6.07, 6.45) is 6.19. The lowest BCUT2D eigenvalue weighted by Gasteiger charge is -2.51. The molecular weight excluding hydrogens is 825 g/mol. The normalized spacial score (nSPS) is 32.2. The summed E-state index contributed by atoms with van der Waals surface area (Å²) >= 11 is 0. The van der Waals surface area contributed by atoms with Gasteiger partial charge in [0.25, 0.3) is 0 Å². The number of carbonyl (C=O) groups excluding carboxylic acids is 4. The third kappa shape index (κ3) is 13.8. The van der Waals surface area contributed by atoms with Crippen LogP contribution in [0.25, 0.3) is 0 Å². The topological polar surface area (TPSA) is 183 Å². The van der Waals surface area contributed by atoms with Gasteiger partial charge in [-0.05, 0) is 80.9 Å². The van der Waals surface area contributed by atoms with Gasteiger partial charge in [-0.3, -0.25) is 14.4 Å². The van der Waals surface area contributed by atoms with Gasteiger partial charge >= 0.3 is 17.9 Å². The van der Waals surface area contributed by atoms with Crippen LogP contribution >= 0.6 is 0 Å². The quantitative estimate of drug-likeness (QED) is 0.0613. The number of aliphatic hydroxyl groups excluding tert-OH is 1. The molecule has 14 nitrogen and oxygen atoms in total. The van der Waals surface area contributed by atoms with Crippen molar-refractivity contribution in [1.82, 2.24) is 0 Å². The van der Waals surface area contributed by atoms with Gasteiger partial charge in [-0.25, -0.2) is 4.79 Å². The van der Waals surface area contributed by atoms with E-state index in [0.717, 1.165) is 56.6 Å². The van der Waals surface area contributed by atoms with Gasteiger partial charge in [-0.1, -0.05) is 77.4 Å². The van der Waals surface area contributed by atoms with Gasteiger partial charge < -0.3 is 48.1 Å². The van der Waals surface area contributed by atoms with Crippen molar-refractivity contribution in [2.75, 3.05) is 13.7 Å². The third-order valence-corrected chi connectivity index (χ3v) is 13.5. The molecule has 1 aliphatic carbocycles. The molecular formula is C50H74O14. The van der Waals surface area contributed by atoms with Crippen LogP contribution < -0.4 is 0 Å². The molecule has 3 heterocycles. The van der Waals surface area contributed by atoms with Crippen molar-refractivity contribution >= 4 is 24.2 Å². The number of hydrogen-bond donors (Lipinski definition) is 2. The molecule has 12 atom stereocenters. The molecule has 4 aliphatic rings. The van der Waals surface area contributed by atoms with Gasteiger partial charge in [-0.2, -0.15) is 0 Å². The first kappa shape index (κ1) is 51.5. The van der Waals surface area contributed by atoms with E-state index >= 15 is 0 Å².